The summed E-state index contributed by atoms with van der Waals surface area (Å²) in [6.07, 6.45) is 7.13. The van der Waals surface area contributed by atoms with E-state index in [2.05, 4.69) is 9.97 Å². The van der Waals surface area contributed by atoms with Crippen LogP contribution in [-0.4, -0.2) is 30.3 Å². The van der Waals surface area contributed by atoms with Gasteiger partial charge in [-0.15, -0.1) is 0 Å². The third-order valence-electron chi connectivity index (χ3n) is 1.43. The summed E-state index contributed by atoms with van der Waals surface area (Å²) >= 11 is 0. The zero-order chi connectivity index (χ0) is 9.68. The van der Waals surface area contributed by atoms with Crippen LogP contribution in [0.3, 0.4) is 0 Å². The van der Waals surface area contributed by atoms with Crippen LogP contribution in [0.1, 0.15) is 5.56 Å². The molecule has 0 aliphatic heterocycles. The molecule has 4 nitrogen and oxygen atoms in total. The number of aldehydes is 1. The molecule has 1 heterocycles. The Kier molecular flexibility index (Phi) is 3.14. The van der Waals surface area contributed by atoms with Crippen LogP contribution < -0.4 is 4.90 Å². The summed E-state index contributed by atoms with van der Waals surface area (Å²) < 4.78 is 0. The van der Waals surface area contributed by atoms with Crippen LogP contribution in [0.4, 0.5) is 5.95 Å². The van der Waals surface area contributed by atoms with Crippen molar-refractivity contribution in [3.8, 4) is 0 Å². The number of anilines is 1. The van der Waals surface area contributed by atoms with Crippen LogP contribution >= 0.6 is 0 Å². The topological polar surface area (TPSA) is 46.1 Å². The quantitative estimate of drug-likeness (QED) is 0.505. The average Bonchev–Trinajstić information content (AvgIpc) is 2.15. The molecular formula is C9H11N3O. The molecule has 1 aromatic heterocycles. The minimum absolute atomic E-state index is 0.656. The van der Waals surface area contributed by atoms with Gasteiger partial charge in [0.1, 0.15) is 6.29 Å². The van der Waals surface area contributed by atoms with Crippen LogP contribution in [0.2, 0.25) is 0 Å². The molecule has 0 amide bonds. The maximum absolute atomic E-state index is 10.0. The molecule has 0 aromatic carbocycles. The Labute approximate surface area is 76.9 Å². The second-order valence-electron chi connectivity index (χ2n) is 2.71. The fourth-order valence-electron chi connectivity index (χ4n) is 0.799. The molecule has 68 valence electrons. The van der Waals surface area contributed by atoms with Gasteiger partial charge in [0.15, 0.2) is 0 Å². The Hall–Kier alpha value is -1.71. The first-order chi connectivity index (χ1) is 6.24. The predicted octanol–water partition coefficient (Wildman–Crippen LogP) is 0.755. The number of nitrogens with zero attached hydrogens (tertiary/aromatic N) is 3. The third-order valence-corrected chi connectivity index (χ3v) is 1.43. The lowest BCUT2D eigenvalue weighted by Crippen LogP contribution is -2.12. The van der Waals surface area contributed by atoms with Crippen molar-refractivity contribution < 1.29 is 4.79 Å². The van der Waals surface area contributed by atoms with E-state index in [4.69, 9.17) is 0 Å². The first-order valence-corrected chi connectivity index (χ1v) is 3.85. The van der Waals surface area contributed by atoms with Gasteiger partial charge in [0.05, 0.1) is 0 Å². The van der Waals surface area contributed by atoms with Gasteiger partial charge in [0.2, 0.25) is 5.95 Å². The van der Waals surface area contributed by atoms with E-state index in [1.165, 1.54) is 6.08 Å². The fraction of sp³-hybridized carbons (Fsp3) is 0.222. The predicted molar refractivity (Wildman–Crippen MR) is 51.5 cm³/mol. The molecule has 1 aromatic rings. The molecular weight excluding hydrogens is 166 g/mol. The van der Waals surface area contributed by atoms with Gasteiger partial charge < -0.3 is 4.90 Å². The molecule has 1 rings (SSSR count). The highest BCUT2D eigenvalue weighted by molar-refractivity contribution is 5.73. The van der Waals surface area contributed by atoms with Gasteiger partial charge >= 0.3 is 0 Å². The normalized spacial score (nSPS) is 10.3. The Bertz CT molecular complexity index is 303. The zero-order valence-corrected chi connectivity index (χ0v) is 7.64. The number of hydrogen-bond acceptors (Lipinski definition) is 4. The summed E-state index contributed by atoms with van der Waals surface area (Å²) in [5.41, 5.74) is 0.817. The van der Waals surface area contributed by atoms with Gasteiger partial charge in [-0.05, 0) is 12.2 Å². The van der Waals surface area contributed by atoms with E-state index in [1.54, 1.807) is 18.5 Å². The summed E-state index contributed by atoms with van der Waals surface area (Å²) in [6, 6.07) is 0. The third kappa shape index (κ3) is 2.66. The van der Waals surface area contributed by atoms with E-state index in [1.807, 2.05) is 19.0 Å². The number of carbonyl (C=O) groups is 1. The van der Waals surface area contributed by atoms with Gasteiger partial charge in [-0.25, -0.2) is 9.97 Å². The molecule has 0 spiro atoms. The second-order valence-corrected chi connectivity index (χ2v) is 2.71. The standard InChI is InChI=1S/C9H11N3O/c1-12(2)9-10-6-8(7-11-9)4-3-5-13/h3-7H,1-2H3. The largest absolute Gasteiger partial charge is 0.347 e. The number of aromatic nitrogens is 2. The Morgan fingerprint density at radius 2 is 1.92 bits per heavy atom. The molecule has 0 aliphatic rings. The van der Waals surface area contributed by atoms with Crippen molar-refractivity contribution in [2.75, 3.05) is 19.0 Å². The summed E-state index contributed by atoms with van der Waals surface area (Å²) in [6.45, 7) is 0. The Morgan fingerprint density at radius 3 is 2.38 bits per heavy atom. The highest BCUT2D eigenvalue weighted by Gasteiger charge is 1.96. The van der Waals surface area contributed by atoms with Crippen molar-refractivity contribution in [3.63, 3.8) is 0 Å². The summed E-state index contributed by atoms with van der Waals surface area (Å²) in [5, 5.41) is 0. The maximum Gasteiger partial charge on any atom is 0.224 e. The smallest absolute Gasteiger partial charge is 0.224 e. The van der Waals surface area contributed by atoms with Crippen molar-refractivity contribution >= 4 is 18.3 Å². The summed E-state index contributed by atoms with van der Waals surface area (Å²) in [4.78, 5) is 20.0. The molecule has 0 bridgehead atoms. The molecule has 0 fully saturated rings. The molecule has 0 saturated carbocycles. The monoisotopic (exact) mass is 177 g/mol. The van der Waals surface area contributed by atoms with Gasteiger partial charge in [-0.2, -0.15) is 0 Å². The zero-order valence-electron chi connectivity index (χ0n) is 7.64. The SMILES string of the molecule is CN(C)c1ncc(C=CC=O)cn1. The van der Waals surface area contributed by atoms with Gasteiger partial charge in [0, 0.05) is 32.1 Å². The van der Waals surface area contributed by atoms with Crippen molar-refractivity contribution in [2.24, 2.45) is 0 Å². The second kappa shape index (κ2) is 4.35. The number of hydrogen-bond donors (Lipinski definition) is 0. The lowest BCUT2D eigenvalue weighted by molar-refractivity contribution is -0.104. The van der Waals surface area contributed by atoms with E-state index in [0.717, 1.165) is 11.8 Å². The fourth-order valence-corrected chi connectivity index (χ4v) is 0.799. The lowest BCUT2D eigenvalue weighted by Gasteiger charge is -2.08. The van der Waals surface area contributed by atoms with Crippen LogP contribution in [0.5, 0.6) is 0 Å². The minimum atomic E-state index is 0.656. The number of rotatable bonds is 3. The molecule has 0 atom stereocenters. The summed E-state index contributed by atoms with van der Waals surface area (Å²) in [7, 11) is 3.74. The number of allylic oxidation sites excluding steroid dienone is 1. The van der Waals surface area contributed by atoms with Crippen molar-refractivity contribution in [1.82, 2.24) is 9.97 Å². The minimum Gasteiger partial charge on any atom is -0.347 e. The van der Waals surface area contributed by atoms with Crippen LogP contribution in [0, 0.1) is 0 Å². The van der Waals surface area contributed by atoms with Crippen molar-refractivity contribution in [2.45, 2.75) is 0 Å². The lowest BCUT2D eigenvalue weighted by atomic mass is 10.3. The Balaban J connectivity index is 2.81. The first kappa shape index (κ1) is 9.38. The first-order valence-electron chi connectivity index (χ1n) is 3.85. The van der Waals surface area contributed by atoms with Gasteiger partial charge in [-0.3, -0.25) is 4.79 Å². The van der Waals surface area contributed by atoms with E-state index in [9.17, 15) is 4.79 Å². The number of carbonyl (C=O) groups excluding carboxylic acids is 1. The molecule has 0 unspecified atom stereocenters. The van der Waals surface area contributed by atoms with Crippen molar-refractivity contribution in [1.29, 1.82) is 0 Å². The van der Waals surface area contributed by atoms with E-state index >= 15 is 0 Å². The van der Waals surface area contributed by atoms with Gasteiger partial charge in [-0.1, -0.05) is 0 Å². The highest BCUT2D eigenvalue weighted by atomic mass is 16.1. The van der Waals surface area contributed by atoms with Crippen LogP contribution in [0.15, 0.2) is 18.5 Å². The molecule has 0 radical (unpaired) electrons. The van der Waals surface area contributed by atoms with Crippen molar-refractivity contribution in [3.05, 3.63) is 24.0 Å². The Morgan fingerprint density at radius 1 is 1.31 bits per heavy atom. The maximum atomic E-state index is 10.0. The van der Waals surface area contributed by atoms with Gasteiger partial charge in [0.25, 0.3) is 0 Å². The van der Waals surface area contributed by atoms with E-state index in [-0.39, 0.29) is 0 Å². The molecule has 13 heavy (non-hydrogen) atoms. The molecule has 0 N–H and O–H groups in total. The van der Waals surface area contributed by atoms with Crippen LogP contribution in [-0.2, 0) is 4.79 Å². The van der Waals surface area contributed by atoms with E-state index in [0.29, 0.717) is 5.95 Å². The van der Waals surface area contributed by atoms with Crippen LogP contribution in [0.25, 0.3) is 6.08 Å². The molecule has 4 heteroatoms. The summed E-state index contributed by atoms with van der Waals surface area (Å²) in [5.74, 6) is 0.656. The molecule has 0 aliphatic carbocycles. The highest BCUT2D eigenvalue weighted by Crippen LogP contribution is 2.03. The molecule has 0 saturated heterocycles. The average molecular weight is 177 g/mol. The van der Waals surface area contributed by atoms with E-state index < -0.39 is 0 Å².